The molecule has 220 valence electrons. The van der Waals surface area contributed by atoms with Gasteiger partial charge >= 0.3 is 24.0 Å². The van der Waals surface area contributed by atoms with E-state index in [1.165, 1.54) is 0 Å². The zero-order valence-corrected chi connectivity index (χ0v) is 20.8. The van der Waals surface area contributed by atoms with Crippen molar-refractivity contribution in [1.29, 1.82) is 0 Å². The fourth-order valence-corrected chi connectivity index (χ4v) is 3.82. The average Bonchev–Trinajstić information content (AvgIpc) is 3.30. The molecule has 2 heterocycles. The molecule has 0 aliphatic carbocycles. The molecule has 0 unspecified atom stereocenters. The van der Waals surface area contributed by atoms with E-state index in [1.54, 1.807) is 5.32 Å². The molecule has 0 bridgehead atoms. The summed E-state index contributed by atoms with van der Waals surface area (Å²) in [6.07, 6.45) is -6.88. The fourth-order valence-electron chi connectivity index (χ4n) is 2.92. The van der Waals surface area contributed by atoms with Crippen molar-refractivity contribution in [2.24, 2.45) is 0 Å². The molecule has 0 aliphatic heterocycles. The number of carbonyl (C=O) groups is 2. The van der Waals surface area contributed by atoms with E-state index < -0.39 is 63.3 Å². The first-order chi connectivity index (χ1) is 19.0. The topological polar surface area (TPSA) is 155 Å². The average molecular weight is 615 g/mol. The van der Waals surface area contributed by atoms with Crippen LogP contribution in [0.2, 0.25) is 0 Å². The smallest absolute Gasteiger partial charge is 0.460 e. The minimum Gasteiger partial charge on any atom is -0.464 e. The molecule has 1 N–H and O–H groups in total. The number of pyridine rings is 1. The molecule has 3 rings (SSSR count). The van der Waals surface area contributed by atoms with Crippen LogP contribution >= 0.6 is 11.8 Å². The van der Waals surface area contributed by atoms with Crippen LogP contribution in [0.4, 0.5) is 46.6 Å². The third kappa shape index (κ3) is 6.66. The van der Waals surface area contributed by atoms with Crippen LogP contribution in [0.15, 0.2) is 40.5 Å². The fraction of sp³-hybridized carbons (Fsp3) is 0.300. The highest BCUT2D eigenvalue weighted by molar-refractivity contribution is 7.99. The van der Waals surface area contributed by atoms with E-state index in [2.05, 4.69) is 20.5 Å². The number of alkyl halides is 7. The summed E-state index contributed by atoms with van der Waals surface area (Å²) in [6, 6.07) is 2.45. The summed E-state index contributed by atoms with van der Waals surface area (Å²) in [7, 11) is 0. The Bertz CT molecular complexity index is 1480. The first kappa shape index (κ1) is 31.1. The lowest BCUT2D eigenvalue weighted by molar-refractivity contribution is -0.384. The van der Waals surface area contributed by atoms with Gasteiger partial charge in [-0.05, 0) is 34.3 Å². The predicted octanol–water partition coefficient (Wildman–Crippen LogP) is 4.37. The van der Waals surface area contributed by atoms with E-state index in [4.69, 9.17) is 4.74 Å². The SMILES string of the molecule is CC(=O)OCCn1nnnc1Sc1ccc([N+](=O)[O-])cc1C(=O)Nc1ncc(C(F)(F)C(F)(F)C(F)(F)F)cc1F. The number of ether oxygens (including phenoxy) is 1. The highest BCUT2D eigenvalue weighted by Crippen LogP contribution is 2.51. The van der Waals surface area contributed by atoms with Gasteiger partial charge in [0.05, 0.1) is 17.0 Å². The molecule has 0 saturated heterocycles. The first-order valence-electron chi connectivity index (χ1n) is 10.6. The largest absolute Gasteiger partial charge is 0.464 e. The standard InChI is InChI=1S/C20H13F8N7O5S/c1-9(36)40-5-4-34-17(31-32-33-34)41-14-3-2-11(35(38)39)7-12(14)16(37)30-15-13(21)6-10(8-29-15)18(22,23)19(24,25)20(26,27)28/h2-3,6-8H,4-5H2,1H3,(H,29,30,37). The van der Waals surface area contributed by atoms with Crippen LogP contribution in [-0.4, -0.2) is 60.7 Å². The Hall–Kier alpha value is -4.43. The number of tetrazole rings is 1. The van der Waals surface area contributed by atoms with E-state index in [9.17, 15) is 54.8 Å². The maximum Gasteiger partial charge on any atom is 0.460 e. The van der Waals surface area contributed by atoms with E-state index in [-0.39, 0.29) is 35.5 Å². The Kier molecular flexibility index (Phi) is 8.79. The Morgan fingerprint density at radius 1 is 1.15 bits per heavy atom. The summed E-state index contributed by atoms with van der Waals surface area (Å²) < 4.78 is 112. The third-order valence-electron chi connectivity index (χ3n) is 4.91. The number of benzene rings is 1. The van der Waals surface area contributed by atoms with E-state index >= 15 is 0 Å². The molecule has 0 atom stereocenters. The molecule has 0 radical (unpaired) electrons. The Morgan fingerprint density at radius 3 is 2.41 bits per heavy atom. The van der Waals surface area contributed by atoms with Gasteiger partial charge in [-0.15, -0.1) is 5.10 Å². The molecular weight excluding hydrogens is 602 g/mol. The zero-order chi connectivity index (χ0) is 30.8. The molecule has 0 saturated carbocycles. The zero-order valence-electron chi connectivity index (χ0n) is 20.0. The molecule has 0 fully saturated rings. The lowest BCUT2D eigenvalue weighted by atomic mass is 10.0. The van der Waals surface area contributed by atoms with Gasteiger partial charge in [0.15, 0.2) is 11.6 Å². The number of amides is 1. The van der Waals surface area contributed by atoms with Gasteiger partial charge in [-0.1, -0.05) is 0 Å². The number of rotatable bonds is 10. The number of hydrogen-bond donors (Lipinski definition) is 1. The Morgan fingerprint density at radius 2 is 1.83 bits per heavy atom. The molecule has 0 spiro atoms. The molecule has 3 aromatic rings. The lowest BCUT2D eigenvalue weighted by Gasteiger charge is -2.28. The van der Waals surface area contributed by atoms with Gasteiger partial charge < -0.3 is 10.1 Å². The van der Waals surface area contributed by atoms with Gasteiger partial charge in [0.2, 0.25) is 5.16 Å². The molecule has 1 aromatic carbocycles. The van der Waals surface area contributed by atoms with Crippen LogP contribution < -0.4 is 5.32 Å². The molecule has 41 heavy (non-hydrogen) atoms. The highest BCUT2D eigenvalue weighted by atomic mass is 32.2. The second-order valence-corrected chi connectivity index (χ2v) is 8.73. The number of nitro benzene ring substituents is 1. The van der Waals surface area contributed by atoms with Crippen LogP contribution in [0.1, 0.15) is 22.8 Å². The lowest BCUT2D eigenvalue weighted by Crippen LogP contribution is -2.50. The molecule has 1 amide bonds. The maximum atomic E-state index is 14.5. The summed E-state index contributed by atoms with van der Waals surface area (Å²) in [6.45, 7) is 0.977. The van der Waals surface area contributed by atoms with E-state index in [0.717, 1.165) is 29.8 Å². The van der Waals surface area contributed by atoms with Crippen molar-refractivity contribution in [3.8, 4) is 0 Å². The maximum absolute atomic E-state index is 14.5. The van der Waals surface area contributed by atoms with Crippen molar-refractivity contribution < 1.29 is 54.4 Å². The summed E-state index contributed by atoms with van der Waals surface area (Å²) in [5, 5.41) is 23.8. The van der Waals surface area contributed by atoms with Crippen molar-refractivity contribution in [3.63, 3.8) is 0 Å². The second kappa shape index (κ2) is 11.6. The number of carbonyl (C=O) groups excluding carboxylic acids is 2. The Balaban J connectivity index is 1.91. The summed E-state index contributed by atoms with van der Waals surface area (Å²) in [5.74, 6) is -17.5. The number of esters is 1. The number of anilines is 1. The molecule has 12 nitrogen and oxygen atoms in total. The molecule has 21 heteroatoms. The third-order valence-corrected chi connectivity index (χ3v) is 5.96. The predicted molar refractivity (Wildman–Crippen MR) is 119 cm³/mol. The van der Waals surface area contributed by atoms with E-state index in [0.29, 0.717) is 11.8 Å². The summed E-state index contributed by atoms with van der Waals surface area (Å²) >= 11 is 0.680. The van der Waals surface area contributed by atoms with Crippen molar-refractivity contribution in [2.75, 3.05) is 11.9 Å². The number of non-ortho nitro benzene ring substituents is 1. The highest BCUT2D eigenvalue weighted by Gasteiger charge is 2.73. The van der Waals surface area contributed by atoms with Gasteiger partial charge in [-0.25, -0.2) is 14.1 Å². The van der Waals surface area contributed by atoms with Crippen LogP contribution in [-0.2, 0) is 22.0 Å². The van der Waals surface area contributed by atoms with Crippen molar-refractivity contribution in [2.45, 2.75) is 41.5 Å². The monoisotopic (exact) mass is 615 g/mol. The summed E-state index contributed by atoms with van der Waals surface area (Å²) in [4.78, 5) is 37.2. The van der Waals surface area contributed by atoms with E-state index in [1.807, 2.05) is 0 Å². The first-order valence-corrected chi connectivity index (χ1v) is 11.4. The molecular formula is C20H13F8N7O5S. The van der Waals surface area contributed by atoms with Crippen LogP contribution in [0.5, 0.6) is 0 Å². The van der Waals surface area contributed by atoms with Crippen molar-refractivity contribution in [3.05, 3.63) is 57.5 Å². The van der Waals surface area contributed by atoms with Gasteiger partial charge in [0.25, 0.3) is 11.6 Å². The number of nitrogens with zero attached hydrogens (tertiary/aromatic N) is 6. The van der Waals surface area contributed by atoms with Crippen molar-refractivity contribution >= 4 is 35.1 Å². The number of halogens is 8. The van der Waals surface area contributed by atoms with Crippen LogP contribution in [0, 0.1) is 15.9 Å². The van der Waals surface area contributed by atoms with Gasteiger partial charge in [0.1, 0.15) is 6.61 Å². The van der Waals surface area contributed by atoms with Gasteiger partial charge in [-0.2, -0.15) is 30.7 Å². The summed E-state index contributed by atoms with van der Waals surface area (Å²) in [5.41, 5.74) is -3.27. The number of nitro groups is 1. The quantitative estimate of drug-likeness (QED) is 0.150. The van der Waals surface area contributed by atoms with Gasteiger partial charge in [-0.3, -0.25) is 19.7 Å². The Labute approximate surface area is 226 Å². The molecule has 2 aromatic heterocycles. The van der Waals surface area contributed by atoms with Crippen LogP contribution in [0.3, 0.4) is 0 Å². The van der Waals surface area contributed by atoms with Crippen molar-refractivity contribution in [1.82, 2.24) is 25.2 Å². The molecule has 0 aliphatic rings. The minimum absolute atomic E-state index is 0.00142. The number of nitrogens with one attached hydrogen (secondary N) is 1. The van der Waals surface area contributed by atoms with Crippen LogP contribution in [0.25, 0.3) is 0 Å². The number of hydrogen-bond acceptors (Lipinski definition) is 10. The minimum atomic E-state index is -6.68. The van der Waals surface area contributed by atoms with Gasteiger partial charge in [0, 0.05) is 35.7 Å². The second-order valence-electron chi connectivity index (χ2n) is 7.72. The normalized spacial score (nSPS) is 12.2. The number of aromatic nitrogens is 5.